The van der Waals surface area contributed by atoms with Crippen LogP contribution in [0.25, 0.3) is 10.9 Å². The topological polar surface area (TPSA) is 91.4 Å². The molecule has 0 aliphatic carbocycles. The Bertz CT molecular complexity index is 774. The van der Waals surface area contributed by atoms with E-state index in [9.17, 15) is 14.4 Å². The van der Waals surface area contributed by atoms with Crippen LogP contribution in [0.2, 0.25) is 0 Å². The number of carbonyl (C=O) groups is 3. The second-order valence-electron chi connectivity index (χ2n) is 4.68. The highest BCUT2D eigenvalue weighted by atomic mass is 16.5. The third kappa shape index (κ3) is 2.50. The number of carbonyl (C=O) groups excluding carboxylic acids is 3. The summed E-state index contributed by atoms with van der Waals surface area (Å²) in [7, 11) is 0. The van der Waals surface area contributed by atoms with E-state index in [2.05, 4.69) is 6.58 Å². The lowest BCUT2D eigenvalue weighted by Gasteiger charge is -2.06. The van der Waals surface area contributed by atoms with Gasteiger partial charge in [-0.15, -0.1) is 6.58 Å². The SMILES string of the molecule is C=CCn1c(C)c(C(=O)C(N)=O)c2c(OCC=O)cccc21. The molecule has 0 saturated carbocycles. The molecule has 0 bridgehead atoms. The Balaban J connectivity index is 2.81. The number of ether oxygens (including phenoxy) is 1. The molecule has 1 amide bonds. The summed E-state index contributed by atoms with van der Waals surface area (Å²) in [5.41, 5.74) is 6.66. The summed E-state index contributed by atoms with van der Waals surface area (Å²) in [5.74, 6) is -1.46. The highest BCUT2D eigenvalue weighted by molar-refractivity contribution is 6.45. The maximum absolute atomic E-state index is 12.2. The molecule has 1 heterocycles. The number of hydrogen-bond acceptors (Lipinski definition) is 4. The number of nitrogens with zero attached hydrogens (tertiary/aromatic N) is 1. The first-order valence-corrected chi connectivity index (χ1v) is 6.66. The van der Waals surface area contributed by atoms with Crippen molar-refractivity contribution in [2.24, 2.45) is 5.73 Å². The summed E-state index contributed by atoms with van der Waals surface area (Å²) in [6.45, 7) is 5.74. The lowest BCUT2D eigenvalue weighted by atomic mass is 10.1. The number of aromatic nitrogens is 1. The molecule has 0 radical (unpaired) electrons. The molecule has 0 saturated heterocycles. The Morgan fingerprint density at radius 2 is 2.14 bits per heavy atom. The number of rotatable bonds is 7. The van der Waals surface area contributed by atoms with E-state index in [0.29, 0.717) is 35.2 Å². The molecule has 22 heavy (non-hydrogen) atoms. The van der Waals surface area contributed by atoms with E-state index in [4.69, 9.17) is 10.5 Å². The number of ketones is 1. The van der Waals surface area contributed by atoms with Gasteiger partial charge in [0.05, 0.1) is 16.5 Å². The summed E-state index contributed by atoms with van der Waals surface area (Å²) < 4.78 is 7.21. The van der Waals surface area contributed by atoms with Gasteiger partial charge < -0.3 is 15.0 Å². The third-order valence-electron chi connectivity index (χ3n) is 3.38. The number of nitrogens with two attached hydrogens (primary N) is 1. The second kappa shape index (κ2) is 6.26. The van der Waals surface area contributed by atoms with Crippen LogP contribution in [0.15, 0.2) is 30.9 Å². The molecule has 0 aliphatic heterocycles. The summed E-state index contributed by atoms with van der Waals surface area (Å²) >= 11 is 0. The predicted molar refractivity (Wildman–Crippen MR) is 82.0 cm³/mol. The van der Waals surface area contributed by atoms with Crippen LogP contribution in [0.5, 0.6) is 5.75 Å². The first-order valence-electron chi connectivity index (χ1n) is 6.66. The molecule has 0 fully saturated rings. The number of hydrogen-bond donors (Lipinski definition) is 1. The smallest absolute Gasteiger partial charge is 0.289 e. The lowest BCUT2D eigenvalue weighted by molar-refractivity contribution is -0.114. The van der Waals surface area contributed by atoms with Crippen molar-refractivity contribution < 1.29 is 19.1 Å². The molecule has 0 aliphatic rings. The van der Waals surface area contributed by atoms with Gasteiger partial charge in [0.1, 0.15) is 12.4 Å². The molecule has 2 N–H and O–H groups in total. The molecular weight excluding hydrogens is 284 g/mol. The zero-order valence-corrected chi connectivity index (χ0v) is 12.2. The largest absolute Gasteiger partial charge is 0.485 e. The molecular formula is C16H16N2O4. The summed E-state index contributed by atoms with van der Waals surface area (Å²) in [5, 5.41) is 0.479. The maximum Gasteiger partial charge on any atom is 0.289 e. The van der Waals surface area contributed by atoms with Crippen LogP contribution < -0.4 is 10.5 Å². The highest BCUT2D eigenvalue weighted by Crippen LogP contribution is 2.34. The number of fused-ring (bicyclic) bond motifs is 1. The number of primary amides is 1. The third-order valence-corrected chi connectivity index (χ3v) is 3.38. The van der Waals surface area contributed by atoms with E-state index in [1.165, 1.54) is 0 Å². The molecule has 2 rings (SSSR count). The minimum atomic E-state index is -1.04. The van der Waals surface area contributed by atoms with Crippen molar-refractivity contribution >= 4 is 28.9 Å². The highest BCUT2D eigenvalue weighted by Gasteiger charge is 2.25. The number of benzene rings is 1. The van der Waals surface area contributed by atoms with Gasteiger partial charge in [0.25, 0.3) is 11.7 Å². The van der Waals surface area contributed by atoms with Crippen LogP contribution in [-0.2, 0) is 16.1 Å². The van der Waals surface area contributed by atoms with Gasteiger partial charge >= 0.3 is 0 Å². The van der Waals surface area contributed by atoms with Crippen molar-refractivity contribution in [2.75, 3.05) is 6.61 Å². The monoisotopic (exact) mass is 300 g/mol. The van der Waals surface area contributed by atoms with Crippen molar-refractivity contribution in [2.45, 2.75) is 13.5 Å². The molecule has 2 aromatic rings. The first-order chi connectivity index (χ1) is 10.5. The fourth-order valence-corrected chi connectivity index (χ4v) is 2.50. The van der Waals surface area contributed by atoms with Crippen LogP contribution in [0, 0.1) is 6.92 Å². The van der Waals surface area contributed by atoms with Crippen LogP contribution in [0.4, 0.5) is 0 Å². The van der Waals surface area contributed by atoms with Gasteiger partial charge in [-0.3, -0.25) is 14.4 Å². The zero-order valence-electron chi connectivity index (χ0n) is 12.2. The van der Waals surface area contributed by atoms with Gasteiger partial charge in [-0.2, -0.15) is 0 Å². The Morgan fingerprint density at radius 3 is 2.73 bits per heavy atom. The van der Waals surface area contributed by atoms with Gasteiger partial charge in [0.15, 0.2) is 6.29 Å². The molecule has 1 aromatic heterocycles. The van der Waals surface area contributed by atoms with Crippen LogP contribution in [0.3, 0.4) is 0 Å². The molecule has 6 nitrogen and oxygen atoms in total. The fourth-order valence-electron chi connectivity index (χ4n) is 2.50. The zero-order chi connectivity index (χ0) is 16.3. The van der Waals surface area contributed by atoms with Crippen molar-refractivity contribution in [3.8, 4) is 5.75 Å². The standard InChI is InChI=1S/C16H16N2O4/c1-3-7-18-10(2)13(15(20)16(17)21)14-11(18)5-4-6-12(14)22-9-8-19/h3-6,8H,1,7,9H2,2H3,(H2,17,21). The quantitative estimate of drug-likeness (QED) is 0.362. The maximum atomic E-state index is 12.2. The summed E-state index contributed by atoms with van der Waals surface area (Å²) in [6, 6.07) is 5.19. The Hall–Kier alpha value is -2.89. The van der Waals surface area contributed by atoms with Crippen molar-refractivity contribution in [3.05, 3.63) is 42.1 Å². The van der Waals surface area contributed by atoms with E-state index in [1.54, 1.807) is 31.2 Å². The van der Waals surface area contributed by atoms with Gasteiger partial charge in [0, 0.05) is 12.2 Å². The van der Waals surface area contributed by atoms with Crippen LogP contribution in [0.1, 0.15) is 16.1 Å². The number of Topliss-reactive ketones (excluding diaryl/α,β-unsaturated/α-hetero) is 1. The molecule has 114 valence electrons. The predicted octanol–water partition coefficient (Wildman–Crippen LogP) is 1.38. The lowest BCUT2D eigenvalue weighted by Crippen LogP contribution is -2.23. The summed E-state index contributed by atoms with van der Waals surface area (Å²) in [6.07, 6.45) is 2.30. The fraction of sp³-hybridized carbons (Fsp3) is 0.188. The average molecular weight is 300 g/mol. The van der Waals surface area contributed by atoms with Crippen molar-refractivity contribution in [1.29, 1.82) is 0 Å². The summed E-state index contributed by atoms with van der Waals surface area (Å²) in [4.78, 5) is 34.0. The Kier molecular flexibility index (Phi) is 4.41. The second-order valence-corrected chi connectivity index (χ2v) is 4.68. The normalized spacial score (nSPS) is 10.4. The van der Waals surface area contributed by atoms with Crippen LogP contribution in [-0.4, -0.2) is 29.2 Å². The van der Waals surface area contributed by atoms with Crippen molar-refractivity contribution in [1.82, 2.24) is 4.57 Å². The van der Waals surface area contributed by atoms with Gasteiger partial charge in [-0.05, 0) is 19.1 Å². The molecule has 0 spiro atoms. The number of allylic oxidation sites excluding steroid dienone is 1. The van der Waals surface area contributed by atoms with Crippen LogP contribution >= 0.6 is 0 Å². The number of amides is 1. The minimum Gasteiger partial charge on any atom is -0.485 e. The first kappa shape index (κ1) is 15.5. The average Bonchev–Trinajstić information content (AvgIpc) is 2.78. The van der Waals surface area contributed by atoms with E-state index in [0.717, 1.165) is 0 Å². The Morgan fingerprint density at radius 1 is 1.41 bits per heavy atom. The van der Waals surface area contributed by atoms with E-state index >= 15 is 0 Å². The van der Waals surface area contributed by atoms with Crippen molar-refractivity contribution in [3.63, 3.8) is 0 Å². The van der Waals surface area contributed by atoms with E-state index in [1.807, 2.05) is 4.57 Å². The Labute approximate surface area is 127 Å². The molecule has 6 heteroatoms. The number of aldehydes is 1. The molecule has 1 aromatic carbocycles. The molecule has 0 atom stereocenters. The van der Waals surface area contributed by atoms with E-state index in [-0.39, 0.29) is 12.2 Å². The molecule has 0 unspecified atom stereocenters. The van der Waals surface area contributed by atoms with Gasteiger partial charge in [-0.25, -0.2) is 0 Å². The van der Waals surface area contributed by atoms with Gasteiger partial charge in [-0.1, -0.05) is 12.1 Å². The van der Waals surface area contributed by atoms with E-state index < -0.39 is 11.7 Å². The minimum absolute atomic E-state index is 0.144. The van der Waals surface area contributed by atoms with Gasteiger partial charge in [0.2, 0.25) is 0 Å².